The van der Waals surface area contributed by atoms with E-state index in [-0.39, 0.29) is 11.5 Å². The van der Waals surface area contributed by atoms with Crippen LogP contribution in [0.2, 0.25) is 0 Å². The molecule has 4 saturated carbocycles. The highest BCUT2D eigenvalue weighted by Gasteiger charge is 2.58. The largest absolute Gasteiger partial charge is 0.393 e. The predicted octanol–water partition coefficient (Wildman–Crippen LogP) is 3.14. The summed E-state index contributed by atoms with van der Waals surface area (Å²) >= 11 is 0. The van der Waals surface area contributed by atoms with Crippen molar-refractivity contribution in [2.75, 3.05) is 0 Å². The van der Waals surface area contributed by atoms with Gasteiger partial charge in [-0.1, -0.05) is 0 Å². The Labute approximate surface area is 132 Å². The lowest BCUT2D eigenvalue weighted by molar-refractivity contribution is -0.132. The van der Waals surface area contributed by atoms with Crippen LogP contribution >= 0.6 is 0 Å². The summed E-state index contributed by atoms with van der Waals surface area (Å²) in [5.74, 6) is 3.84. The van der Waals surface area contributed by atoms with Crippen molar-refractivity contribution in [1.82, 2.24) is 0 Å². The number of aldehydes is 1. The first-order valence-corrected chi connectivity index (χ1v) is 9.29. The van der Waals surface area contributed by atoms with E-state index in [0.29, 0.717) is 30.0 Å². The summed E-state index contributed by atoms with van der Waals surface area (Å²) in [6.07, 6.45) is 10.6. The number of carbonyl (C=O) groups is 2. The molecule has 3 nitrogen and oxygen atoms in total. The van der Waals surface area contributed by atoms with Gasteiger partial charge in [-0.2, -0.15) is 0 Å². The molecule has 0 bridgehead atoms. The van der Waals surface area contributed by atoms with Gasteiger partial charge in [0.05, 0.1) is 6.10 Å². The van der Waals surface area contributed by atoms with Gasteiger partial charge in [-0.05, 0) is 74.5 Å². The zero-order chi connectivity index (χ0) is 15.3. The highest BCUT2D eigenvalue weighted by molar-refractivity contribution is 5.79. The number of carbonyl (C=O) groups excluding carboxylic acids is 2. The van der Waals surface area contributed by atoms with Crippen LogP contribution in [0.15, 0.2) is 0 Å². The molecule has 4 aliphatic rings. The van der Waals surface area contributed by atoms with Crippen molar-refractivity contribution in [2.45, 2.75) is 70.3 Å². The van der Waals surface area contributed by atoms with Crippen molar-refractivity contribution in [3.05, 3.63) is 0 Å². The van der Waals surface area contributed by atoms with Crippen LogP contribution in [0.4, 0.5) is 0 Å². The number of rotatable bonds is 2. The minimum atomic E-state index is -0.269. The molecule has 0 aromatic rings. The van der Waals surface area contributed by atoms with Crippen LogP contribution in [0.5, 0.6) is 0 Å². The van der Waals surface area contributed by atoms with Crippen LogP contribution in [0, 0.1) is 35.0 Å². The number of fused-ring (bicyclic) bond motifs is 5. The maximum atomic E-state index is 11.8. The second-order valence-electron chi connectivity index (χ2n) is 8.45. The van der Waals surface area contributed by atoms with E-state index in [0.717, 1.165) is 56.6 Å². The van der Waals surface area contributed by atoms with Crippen LogP contribution in [0.25, 0.3) is 0 Å². The average Bonchev–Trinajstić information content (AvgIpc) is 2.84. The van der Waals surface area contributed by atoms with Gasteiger partial charge in [0.1, 0.15) is 12.1 Å². The number of aliphatic hydroxyl groups excluding tert-OH is 1. The van der Waals surface area contributed by atoms with E-state index >= 15 is 0 Å². The van der Waals surface area contributed by atoms with Crippen molar-refractivity contribution in [3.63, 3.8) is 0 Å². The number of Topliss-reactive ketones (excluding diaryl/α,β-unsaturated/α-hetero) is 1. The summed E-state index contributed by atoms with van der Waals surface area (Å²) in [5, 5.41) is 10.6. The summed E-state index contributed by atoms with van der Waals surface area (Å²) in [6, 6.07) is 0. The van der Waals surface area contributed by atoms with Crippen LogP contribution in [-0.2, 0) is 9.59 Å². The van der Waals surface area contributed by atoms with Crippen molar-refractivity contribution in [3.8, 4) is 0 Å². The van der Waals surface area contributed by atoms with Gasteiger partial charge in [-0.3, -0.25) is 4.79 Å². The van der Waals surface area contributed by atoms with Crippen molar-refractivity contribution < 1.29 is 14.7 Å². The van der Waals surface area contributed by atoms with Gasteiger partial charge in [-0.15, -0.1) is 0 Å². The fourth-order valence-corrected chi connectivity index (χ4v) is 6.99. The zero-order valence-electron chi connectivity index (χ0n) is 13.4. The molecule has 3 heteroatoms. The Balaban J connectivity index is 1.59. The molecule has 4 fully saturated rings. The van der Waals surface area contributed by atoms with Crippen molar-refractivity contribution in [2.24, 2.45) is 35.0 Å². The molecule has 0 radical (unpaired) electrons. The summed E-state index contributed by atoms with van der Waals surface area (Å²) < 4.78 is 0. The molecule has 0 spiro atoms. The molecule has 1 N–H and O–H groups in total. The van der Waals surface area contributed by atoms with E-state index in [2.05, 4.69) is 0 Å². The molecular weight excluding hydrogens is 276 g/mol. The Morgan fingerprint density at radius 1 is 1.05 bits per heavy atom. The van der Waals surface area contributed by atoms with Crippen LogP contribution < -0.4 is 0 Å². The second-order valence-corrected chi connectivity index (χ2v) is 8.45. The zero-order valence-corrected chi connectivity index (χ0v) is 13.4. The topological polar surface area (TPSA) is 54.4 Å². The Hall–Kier alpha value is -0.700. The number of hydrogen-bond donors (Lipinski definition) is 1. The Bertz CT molecular complexity index is 473. The molecule has 122 valence electrons. The number of ketones is 1. The molecule has 0 unspecified atom stereocenters. The highest BCUT2D eigenvalue weighted by Crippen LogP contribution is 2.63. The minimum Gasteiger partial charge on any atom is -0.393 e. The first-order valence-electron chi connectivity index (χ1n) is 9.29. The summed E-state index contributed by atoms with van der Waals surface area (Å²) in [5.41, 5.74) is -0.111. The predicted molar refractivity (Wildman–Crippen MR) is 83.1 cm³/mol. The molecule has 0 saturated heterocycles. The average molecular weight is 304 g/mol. The Morgan fingerprint density at radius 3 is 2.73 bits per heavy atom. The summed E-state index contributed by atoms with van der Waals surface area (Å²) in [7, 11) is 0. The van der Waals surface area contributed by atoms with Crippen LogP contribution in [0.1, 0.15) is 64.2 Å². The third-order valence-electron chi connectivity index (χ3n) is 7.90. The first-order chi connectivity index (χ1) is 10.7. The van der Waals surface area contributed by atoms with E-state index < -0.39 is 0 Å². The van der Waals surface area contributed by atoms with Crippen molar-refractivity contribution in [1.29, 1.82) is 0 Å². The van der Waals surface area contributed by atoms with E-state index in [1.807, 2.05) is 0 Å². The summed E-state index contributed by atoms with van der Waals surface area (Å²) in [6.45, 7) is 0. The fraction of sp³-hybridized carbons (Fsp3) is 0.895. The van der Waals surface area contributed by atoms with Gasteiger partial charge in [-0.25, -0.2) is 0 Å². The maximum absolute atomic E-state index is 11.8. The van der Waals surface area contributed by atoms with E-state index in [1.54, 1.807) is 0 Å². The number of hydrogen-bond acceptors (Lipinski definition) is 3. The first kappa shape index (κ1) is 14.9. The SMILES string of the molecule is O=CC[C@]12CC[C@H]3[C@@H](CC[C@H]4CC(=O)CC[C@@H]43)[C@@H]1CC[C@@H]2O. The van der Waals surface area contributed by atoms with Gasteiger partial charge in [0.15, 0.2) is 0 Å². The molecule has 7 atom stereocenters. The van der Waals surface area contributed by atoms with E-state index in [1.165, 1.54) is 19.3 Å². The quantitative estimate of drug-likeness (QED) is 0.797. The molecule has 0 aromatic carbocycles. The molecule has 4 rings (SSSR count). The van der Waals surface area contributed by atoms with Crippen LogP contribution in [-0.4, -0.2) is 23.3 Å². The highest BCUT2D eigenvalue weighted by atomic mass is 16.3. The standard InChI is InChI=1S/C19H28O3/c20-10-9-19-8-7-15-14-4-2-13(21)11-12(14)1-3-16(15)17(19)5-6-18(19)22/h10,12,14-18,22H,1-9,11H2/t12-,14-,15+,16+,17-,18-,19+/m0/s1. The monoisotopic (exact) mass is 304 g/mol. The molecule has 0 aromatic heterocycles. The lowest BCUT2D eigenvalue weighted by Crippen LogP contribution is -2.50. The minimum absolute atomic E-state index is 0.111. The van der Waals surface area contributed by atoms with E-state index in [4.69, 9.17) is 0 Å². The van der Waals surface area contributed by atoms with Gasteiger partial charge in [0, 0.05) is 24.7 Å². The molecule has 22 heavy (non-hydrogen) atoms. The summed E-state index contributed by atoms with van der Waals surface area (Å²) in [4.78, 5) is 23.0. The van der Waals surface area contributed by atoms with Crippen molar-refractivity contribution >= 4 is 12.1 Å². The van der Waals surface area contributed by atoms with Crippen LogP contribution in [0.3, 0.4) is 0 Å². The fourth-order valence-electron chi connectivity index (χ4n) is 6.99. The van der Waals surface area contributed by atoms with Gasteiger partial charge < -0.3 is 9.90 Å². The smallest absolute Gasteiger partial charge is 0.133 e. The Kier molecular flexibility index (Phi) is 3.67. The van der Waals surface area contributed by atoms with Gasteiger partial charge >= 0.3 is 0 Å². The molecule has 0 amide bonds. The second kappa shape index (κ2) is 5.43. The normalized spacial score (nSPS) is 50.9. The molecule has 0 heterocycles. The maximum Gasteiger partial charge on any atom is 0.133 e. The molecular formula is C19H28O3. The molecule has 4 aliphatic carbocycles. The third-order valence-corrected chi connectivity index (χ3v) is 7.90. The van der Waals surface area contributed by atoms with E-state index in [9.17, 15) is 14.7 Å². The third kappa shape index (κ3) is 2.04. The lowest BCUT2D eigenvalue weighted by Gasteiger charge is -2.55. The number of aliphatic hydroxyl groups is 1. The van der Waals surface area contributed by atoms with Gasteiger partial charge in [0.2, 0.25) is 0 Å². The molecule has 0 aliphatic heterocycles. The Morgan fingerprint density at radius 2 is 1.91 bits per heavy atom. The van der Waals surface area contributed by atoms with Gasteiger partial charge in [0.25, 0.3) is 0 Å². The lowest BCUT2D eigenvalue weighted by atomic mass is 9.49.